The van der Waals surface area contributed by atoms with E-state index < -0.39 is 10.0 Å². The number of rotatable bonds is 7. The Hall–Kier alpha value is -1.74. The summed E-state index contributed by atoms with van der Waals surface area (Å²) in [7, 11) is -3.57. The molecule has 6 nitrogen and oxygen atoms in total. The highest BCUT2D eigenvalue weighted by molar-refractivity contribution is 7.89. The van der Waals surface area contributed by atoms with Gasteiger partial charge < -0.3 is 4.90 Å². The first-order valence-corrected chi connectivity index (χ1v) is 12.0. The lowest BCUT2D eigenvalue weighted by atomic mass is 10.2. The molecule has 28 heavy (non-hydrogen) atoms. The number of amides is 1. The highest BCUT2D eigenvalue weighted by Gasteiger charge is 2.26. The van der Waals surface area contributed by atoms with E-state index in [-0.39, 0.29) is 10.8 Å². The van der Waals surface area contributed by atoms with Crippen molar-refractivity contribution in [2.45, 2.75) is 24.3 Å². The number of thiophene rings is 1. The van der Waals surface area contributed by atoms with Gasteiger partial charge in [-0.05, 0) is 48.4 Å². The molecule has 0 unspecified atom stereocenters. The zero-order valence-corrected chi connectivity index (χ0v) is 17.3. The quantitative estimate of drug-likeness (QED) is 0.748. The molecule has 1 aliphatic heterocycles. The van der Waals surface area contributed by atoms with Gasteiger partial charge in [-0.3, -0.25) is 9.69 Å². The average Bonchev–Trinajstić information content (AvgIpc) is 3.41. The normalized spacial score (nSPS) is 18.4. The highest BCUT2D eigenvalue weighted by atomic mass is 32.2. The van der Waals surface area contributed by atoms with Crippen molar-refractivity contribution >= 4 is 27.3 Å². The molecule has 0 bridgehead atoms. The van der Waals surface area contributed by atoms with Gasteiger partial charge in [0.2, 0.25) is 10.0 Å². The lowest BCUT2D eigenvalue weighted by Crippen LogP contribution is -2.48. The maximum atomic E-state index is 12.9. The first kappa shape index (κ1) is 19.6. The van der Waals surface area contributed by atoms with Crippen LogP contribution in [0, 0.1) is 5.92 Å². The van der Waals surface area contributed by atoms with Gasteiger partial charge in [0, 0.05) is 49.7 Å². The van der Waals surface area contributed by atoms with Crippen LogP contribution in [0.4, 0.5) is 0 Å². The van der Waals surface area contributed by atoms with Crippen molar-refractivity contribution in [1.82, 2.24) is 14.5 Å². The van der Waals surface area contributed by atoms with Gasteiger partial charge in [0.15, 0.2) is 0 Å². The van der Waals surface area contributed by atoms with Crippen molar-refractivity contribution in [2.24, 2.45) is 5.92 Å². The second-order valence-electron chi connectivity index (χ2n) is 7.47. The van der Waals surface area contributed by atoms with Crippen LogP contribution in [0.25, 0.3) is 0 Å². The minimum atomic E-state index is -3.57. The molecule has 0 atom stereocenters. The van der Waals surface area contributed by atoms with Gasteiger partial charge in [-0.25, -0.2) is 13.1 Å². The number of nitrogens with one attached hydrogen (secondary N) is 1. The SMILES string of the molecule is O=C(c1cccc(S(=O)(=O)NCC2CC2)c1)N1CCN(Cc2cccs2)CC1. The molecule has 1 aromatic heterocycles. The molecule has 8 heteroatoms. The molecule has 2 aromatic rings. The lowest BCUT2D eigenvalue weighted by Gasteiger charge is -2.34. The Morgan fingerprint density at radius 3 is 2.57 bits per heavy atom. The van der Waals surface area contributed by atoms with Crippen LogP contribution in [0.15, 0.2) is 46.7 Å². The molecule has 2 fully saturated rings. The third-order valence-corrected chi connectivity index (χ3v) is 7.55. The summed E-state index contributed by atoms with van der Waals surface area (Å²) in [5.41, 5.74) is 0.431. The summed E-state index contributed by atoms with van der Waals surface area (Å²) in [6.07, 6.45) is 2.17. The van der Waals surface area contributed by atoms with Crippen LogP contribution in [-0.4, -0.2) is 56.8 Å². The summed E-state index contributed by atoms with van der Waals surface area (Å²) in [6, 6.07) is 10.6. The van der Waals surface area contributed by atoms with Crippen LogP contribution < -0.4 is 4.72 Å². The number of sulfonamides is 1. The van der Waals surface area contributed by atoms with Crippen LogP contribution in [0.5, 0.6) is 0 Å². The van der Waals surface area contributed by atoms with Crippen molar-refractivity contribution in [3.05, 3.63) is 52.2 Å². The topological polar surface area (TPSA) is 69.7 Å². The maximum absolute atomic E-state index is 12.9. The van der Waals surface area contributed by atoms with Crippen LogP contribution in [0.1, 0.15) is 28.1 Å². The van der Waals surface area contributed by atoms with Crippen LogP contribution in [-0.2, 0) is 16.6 Å². The highest BCUT2D eigenvalue weighted by Crippen LogP contribution is 2.28. The first-order valence-electron chi connectivity index (χ1n) is 9.65. The van der Waals surface area contributed by atoms with E-state index in [9.17, 15) is 13.2 Å². The molecule has 150 valence electrons. The molecule has 2 heterocycles. The summed E-state index contributed by atoms with van der Waals surface area (Å²) in [5.74, 6) is 0.361. The standard InChI is InChI=1S/C20H25N3O3S2/c24-20(23-10-8-22(9-11-23)15-18-4-2-12-27-18)17-3-1-5-19(13-17)28(25,26)21-14-16-6-7-16/h1-5,12-13,16,21H,6-11,14-15H2. The second kappa shape index (κ2) is 8.32. The minimum absolute atomic E-state index is 0.102. The third-order valence-electron chi connectivity index (χ3n) is 5.27. The molecule has 0 spiro atoms. The molecule has 1 saturated carbocycles. The fourth-order valence-corrected chi connectivity index (χ4v) is 5.25. The number of nitrogens with zero attached hydrogens (tertiary/aromatic N) is 2. The number of piperazine rings is 1. The number of benzene rings is 1. The third kappa shape index (κ3) is 4.81. The molecule has 4 rings (SSSR count). The summed E-state index contributed by atoms with van der Waals surface area (Å²) in [4.78, 5) is 18.5. The van der Waals surface area contributed by atoms with Gasteiger partial charge in [0.1, 0.15) is 0 Å². The Bertz CT molecular complexity index is 916. The fraction of sp³-hybridized carbons (Fsp3) is 0.450. The molecular weight excluding hydrogens is 394 g/mol. The monoisotopic (exact) mass is 419 g/mol. The Kier molecular flexibility index (Phi) is 5.82. The van der Waals surface area contributed by atoms with Gasteiger partial charge in [-0.2, -0.15) is 0 Å². The Morgan fingerprint density at radius 2 is 1.89 bits per heavy atom. The van der Waals surface area contributed by atoms with Crippen molar-refractivity contribution in [3.8, 4) is 0 Å². The van der Waals surface area contributed by atoms with Crippen LogP contribution in [0.3, 0.4) is 0 Å². The van der Waals surface area contributed by atoms with E-state index in [0.717, 1.165) is 32.5 Å². The number of hydrogen-bond acceptors (Lipinski definition) is 5. The lowest BCUT2D eigenvalue weighted by molar-refractivity contribution is 0.0629. The zero-order valence-electron chi connectivity index (χ0n) is 15.7. The van der Waals surface area contributed by atoms with E-state index in [4.69, 9.17) is 0 Å². The second-order valence-corrected chi connectivity index (χ2v) is 10.3. The smallest absolute Gasteiger partial charge is 0.253 e. The van der Waals surface area contributed by atoms with Gasteiger partial charge in [0.05, 0.1) is 4.90 Å². The Labute approximate surface area is 170 Å². The van der Waals surface area contributed by atoms with Crippen molar-refractivity contribution in [1.29, 1.82) is 0 Å². The van der Waals surface area contributed by atoms with E-state index in [0.29, 0.717) is 31.1 Å². The largest absolute Gasteiger partial charge is 0.336 e. The summed E-state index contributed by atoms with van der Waals surface area (Å²) in [6.45, 7) is 4.35. The maximum Gasteiger partial charge on any atom is 0.253 e. The molecule has 1 aromatic carbocycles. The molecule has 1 N–H and O–H groups in total. The van der Waals surface area contributed by atoms with Gasteiger partial charge in [-0.1, -0.05) is 12.1 Å². The van der Waals surface area contributed by atoms with Crippen LogP contribution in [0.2, 0.25) is 0 Å². The van der Waals surface area contributed by atoms with Gasteiger partial charge in [0.25, 0.3) is 5.91 Å². The molecule has 1 aliphatic carbocycles. The predicted octanol–water partition coefficient (Wildman–Crippen LogP) is 2.39. The Balaban J connectivity index is 1.37. The van der Waals surface area contributed by atoms with Crippen molar-refractivity contribution < 1.29 is 13.2 Å². The Morgan fingerprint density at radius 1 is 1.11 bits per heavy atom. The first-order chi connectivity index (χ1) is 13.5. The van der Waals surface area contributed by atoms with E-state index in [1.165, 1.54) is 10.9 Å². The van der Waals surface area contributed by atoms with Gasteiger partial charge in [-0.15, -0.1) is 11.3 Å². The summed E-state index contributed by atoms with van der Waals surface area (Å²) < 4.78 is 27.6. The minimum Gasteiger partial charge on any atom is -0.336 e. The zero-order chi connectivity index (χ0) is 19.6. The molecular formula is C20H25N3O3S2. The van der Waals surface area contributed by atoms with Crippen molar-refractivity contribution in [3.63, 3.8) is 0 Å². The average molecular weight is 420 g/mol. The predicted molar refractivity (Wildman–Crippen MR) is 110 cm³/mol. The number of carbonyl (C=O) groups is 1. The van der Waals surface area contributed by atoms with E-state index >= 15 is 0 Å². The van der Waals surface area contributed by atoms with Crippen LogP contribution >= 0.6 is 11.3 Å². The fourth-order valence-electron chi connectivity index (χ4n) is 3.34. The molecule has 1 saturated heterocycles. The molecule has 1 amide bonds. The number of carbonyl (C=O) groups excluding carboxylic acids is 1. The van der Waals surface area contributed by atoms with E-state index in [1.807, 2.05) is 4.90 Å². The number of hydrogen-bond donors (Lipinski definition) is 1. The van der Waals surface area contributed by atoms with E-state index in [2.05, 4.69) is 27.1 Å². The molecule has 2 aliphatic rings. The van der Waals surface area contributed by atoms with Crippen molar-refractivity contribution in [2.75, 3.05) is 32.7 Å². The van der Waals surface area contributed by atoms with Gasteiger partial charge >= 0.3 is 0 Å². The summed E-state index contributed by atoms with van der Waals surface area (Å²) in [5, 5.41) is 2.08. The molecule has 0 radical (unpaired) electrons. The summed E-state index contributed by atoms with van der Waals surface area (Å²) >= 11 is 1.75. The van der Waals surface area contributed by atoms with E-state index in [1.54, 1.807) is 29.5 Å².